The maximum Gasteiger partial charge on any atom is 0.326 e. The van der Waals surface area contributed by atoms with Crippen LogP contribution in [-0.4, -0.2) is 63.1 Å². The second kappa shape index (κ2) is 6.90. The van der Waals surface area contributed by atoms with Crippen molar-refractivity contribution in [3.63, 3.8) is 0 Å². The monoisotopic (exact) mass is 314 g/mol. The molecule has 2 aliphatic rings. The van der Waals surface area contributed by atoms with Gasteiger partial charge in [0.15, 0.2) is 0 Å². The van der Waals surface area contributed by atoms with Crippen LogP contribution in [0, 0.1) is 5.92 Å². The topological polar surface area (TPSA) is 60.9 Å². The van der Waals surface area contributed by atoms with Crippen LogP contribution < -0.4 is 0 Å². The number of amides is 2. The van der Waals surface area contributed by atoms with Crippen LogP contribution in [0.2, 0.25) is 0 Å². The standard InChI is InChI=1S/C15H26N2O3S/c1-4-12-5-6-17(13(7-12)14(18)19)15(20)16-8-10(2)21-11(3)9-16/h10-13H,4-9H2,1-3H3,(H,18,19). The fourth-order valence-corrected chi connectivity index (χ4v) is 4.71. The summed E-state index contributed by atoms with van der Waals surface area (Å²) in [7, 11) is 0. The van der Waals surface area contributed by atoms with Gasteiger partial charge in [-0.05, 0) is 18.8 Å². The zero-order valence-corrected chi connectivity index (χ0v) is 13.9. The van der Waals surface area contributed by atoms with Gasteiger partial charge in [0.05, 0.1) is 0 Å². The summed E-state index contributed by atoms with van der Waals surface area (Å²) >= 11 is 1.89. The molecule has 2 saturated heterocycles. The first-order chi connectivity index (χ1) is 9.92. The van der Waals surface area contributed by atoms with E-state index in [2.05, 4.69) is 20.8 Å². The first kappa shape index (κ1) is 16.5. The van der Waals surface area contributed by atoms with Crippen molar-refractivity contribution in [2.45, 2.75) is 56.6 Å². The van der Waals surface area contributed by atoms with E-state index in [1.807, 2.05) is 16.7 Å². The lowest BCUT2D eigenvalue weighted by Crippen LogP contribution is -2.57. The van der Waals surface area contributed by atoms with Crippen molar-refractivity contribution in [2.24, 2.45) is 5.92 Å². The van der Waals surface area contributed by atoms with Gasteiger partial charge in [-0.1, -0.05) is 27.2 Å². The van der Waals surface area contributed by atoms with Crippen LogP contribution in [-0.2, 0) is 4.79 Å². The number of hydrogen-bond donors (Lipinski definition) is 1. The summed E-state index contributed by atoms with van der Waals surface area (Å²) in [5, 5.41) is 10.3. The van der Waals surface area contributed by atoms with Crippen LogP contribution in [0.4, 0.5) is 4.79 Å². The van der Waals surface area contributed by atoms with E-state index in [9.17, 15) is 14.7 Å². The Morgan fingerprint density at radius 3 is 2.38 bits per heavy atom. The van der Waals surface area contributed by atoms with Crippen LogP contribution in [0.3, 0.4) is 0 Å². The van der Waals surface area contributed by atoms with E-state index in [-0.39, 0.29) is 6.03 Å². The third-order valence-electron chi connectivity index (χ3n) is 4.51. The summed E-state index contributed by atoms with van der Waals surface area (Å²) in [6.45, 7) is 8.34. The first-order valence-corrected chi connectivity index (χ1v) is 8.80. The Morgan fingerprint density at radius 1 is 1.24 bits per heavy atom. The number of nitrogens with zero attached hydrogens (tertiary/aromatic N) is 2. The molecule has 2 heterocycles. The molecule has 21 heavy (non-hydrogen) atoms. The SMILES string of the molecule is CCC1CCN(C(=O)N2CC(C)SC(C)C2)C(C(=O)O)C1. The number of carbonyl (C=O) groups is 2. The number of thioether (sulfide) groups is 1. The Bertz CT molecular complexity index is 394. The van der Waals surface area contributed by atoms with Gasteiger partial charge in [-0.2, -0.15) is 11.8 Å². The van der Waals surface area contributed by atoms with Gasteiger partial charge in [-0.15, -0.1) is 0 Å². The zero-order valence-electron chi connectivity index (χ0n) is 13.1. The Morgan fingerprint density at radius 2 is 1.86 bits per heavy atom. The van der Waals surface area contributed by atoms with E-state index in [4.69, 9.17) is 0 Å². The highest BCUT2D eigenvalue weighted by molar-refractivity contribution is 8.00. The smallest absolute Gasteiger partial charge is 0.326 e. The highest BCUT2D eigenvalue weighted by Crippen LogP contribution is 2.29. The maximum absolute atomic E-state index is 12.7. The van der Waals surface area contributed by atoms with E-state index < -0.39 is 12.0 Å². The van der Waals surface area contributed by atoms with Crippen LogP contribution >= 0.6 is 11.8 Å². The molecule has 0 aromatic heterocycles. The minimum atomic E-state index is -0.867. The molecule has 0 spiro atoms. The molecule has 0 aliphatic carbocycles. The largest absolute Gasteiger partial charge is 0.480 e. The molecule has 4 unspecified atom stereocenters. The Kier molecular flexibility index (Phi) is 5.41. The minimum absolute atomic E-state index is 0.0871. The molecule has 2 fully saturated rings. The van der Waals surface area contributed by atoms with Gasteiger partial charge >= 0.3 is 12.0 Å². The number of carboxylic acids is 1. The molecule has 2 rings (SSSR count). The van der Waals surface area contributed by atoms with Gasteiger partial charge in [0.25, 0.3) is 0 Å². The molecule has 2 aliphatic heterocycles. The molecule has 0 saturated carbocycles. The lowest BCUT2D eigenvalue weighted by Gasteiger charge is -2.42. The minimum Gasteiger partial charge on any atom is -0.480 e. The average molecular weight is 314 g/mol. The van der Waals surface area contributed by atoms with E-state index >= 15 is 0 Å². The van der Waals surface area contributed by atoms with Crippen LogP contribution in [0.15, 0.2) is 0 Å². The molecule has 0 bridgehead atoms. The molecule has 5 nitrogen and oxygen atoms in total. The Balaban J connectivity index is 2.07. The molecule has 4 atom stereocenters. The predicted octanol–water partition coefficient (Wildman–Crippen LogP) is 2.51. The van der Waals surface area contributed by atoms with Gasteiger partial charge in [0.2, 0.25) is 0 Å². The highest BCUT2D eigenvalue weighted by atomic mass is 32.2. The third kappa shape index (κ3) is 3.84. The number of piperidine rings is 1. The Labute approximate surface area is 131 Å². The van der Waals surface area contributed by atoms with Crippen molar-refractivity contribution in [3.05, 3.63) is 0 Å². The number of rotatable bonds is 2. The quantitative estimate of drug-likeness (QED) is 0.851. The molecule has 0 radical (unpaired) electrons. The average Bonchev–Trinajstić information content (AvgIpc) is 2.44. The summed E-state index contributed by atoms with van der Waals surface area (Å²) in [5.74, 6) is -0.445. The van der Waals surface area contributed by atoms with Crippen molar-refractivity contribution in [2.75, 3.05) is 19.6 Å². The zero-order chi connectivity index (χ0) is 15.6. The second-order valence-corrected chi connectivity index (χ2v) is 8.17. The molecule has 0 aromatic rings. The van der Waals surface area contributed by atoms with Gasteiger partial charge < -0.3 is 14.9 Å². The molecule has 1 N–H and O–H groups in total. The molecular weight excluding hydrogens is 288 g/mol. The summed E-state index contributed by atoms with van der Waals surface area (Å²) in [4.78, 5) is 27.7. The summed E-state index contributed by atoms with van der Waals surface area (Å²) in [5.41, 5.74) is 0. The van der Waals surface area contributed by atoms with Crippen molar-refractivity contribution in [1.82, 2.24) is 9.80 Å². The van der Waals surface area contributed by atoms with E-state index in [1.54, 1.807) is 4.90 Å². The van der Waals surface area contributed by atoms with Crippen LogP contribution in [0.5, 0.6) is 0 Å². The number of carbonyl (C=O) groups excluding carboxylic acids is 1. The van der Waals surface area contributed by atoms with Crippen molar-refractivity contribution >= 4 is 23.8 Å². The van der Waals surface area contributed by atoms with Gasteiger partial charge in [0.1, 0.15) is 6.04 Å². The third-order valence-corrected chi connectivity index (χ3v) is 5.74. The van der Waals surface area contributed by atoms with E-state index in [0.29, 0.717) is 42.5 Å². The van der Waals surface area contributed by atoms with E-state index in [0.717, 1.165) is 12.8 Å². The Hall–Kier alpha value is -0.910. The van der Waals surface area contributed by atoms with Crippen LogP contribution in [0.25, 0.3) is 0 Å². The summed E-state index contributed by atoms with van der Waals surface area (Å²) in [6, 6.07) is -0.743. The number of aliphatic carboxylic acids is 1. The van der Waals surface area contributed by atoms with Crippen molar-refractivity contribution in [3.8, 4) is 0 Å². The van der Waals surface area contributed by atoms with Crippen molar-refractivity contribution < 1.29 is 14.7 Å². The normalized spacial score (nSPS) is 33.9. The van der Waals surface area contributed by atoms with Crippen LogP contribution in [0.1, 0.15) is 40.0 Å². The van der Waals surface area contributed by atoms with Gasteiger partial charge in [-0.25, -0.2) is 9.59 Å². The first-order valence-electron chi connectivity index (χ1n) is 7.86. The van der Waals surface area contributed by atoms with E-state index in [1.165, 1.54) is 0 Å². The molecule has 6 heteroatoms. The van der Waals surface area contributed by atoms with Gasteiger partial charge in [-0.3, -0.25) is 0 Å². The highest BCUT2D eigenvalue weighted by Gasteiger charge is 2.38. The second-order valence-electron chi connectivity index (χ2n) is 6.29. The fourth-order valence-electron chi connectivity index (χ4n) is 3.39. The van der Waals surface area contributed by atoms with Gasteiger partial charge in [0, 0.05) is 30.1 Å². The number of hydrogen-bond acceptors (Lipinski definition) is 3. The number of carboxylic acid groups (broad SMARTS) is 1. The lowest BCUT2D eigenvalue weighted by atomic mass is 9.89. The van der Waals surface area contributed by atoms with Crippen molar-refractivity contribution in [1.29, 1.82) is 0 Å². The summed E-state index contributed by atoms with van der Waals surface area (Å²) in [6.07, 6.45) is 2.49. The maximum atomic E-state index is 12.7. The fraction of sp³-hybridized carbons (Fsp3) is 0.867. The lowest BCUT2D eigenvalue weighted by molar-refractivity contribution is -0.144. The number of urea groups is 1. The molecule has 0 aromatic carbocycles. The molecule has 2 amide bonds. The summed E-state index contributed by atoms with van der Waals surface area (Å²) < 4.78 is 0. The number of likely N-dealkylation sites (tertiary alicyclic amines) is 1. The molecular formula is C15H26N2O3S. The predicted molar refractivity (Wildman–Crippen MR) is 84.6 cm³/mol. The molecule has 120 valence electrons.